The van der Waals surface area contributed by atoms with Gasteiger partial charge in [-0.25, -0.2) is 13.6 Å². The zero-order valence-electron chi connectivity index (χ0n) is 15.4. The van der Waals surface area contributed by atoms with Crippen molar-refractivity contribution in [3.05, 3.63) is 64.1 Å². The molecule has 9 heteroatoms. The van der Waals surface area contributed by atoms with Crippen molar-refractivity contribution in [3.8, 4) is 0 Å². The fourth-order valence-electron chi connectivity index (χ4n) is 2.66. The molecule has 150 valence electrons. The van der Waals surface area contributed by atoms with Crippen LogP contribution >= 0.6 is 0 Å². The molecule has 0 aliphatic heterocycles. The van der Waals surface area contributed by atoms with E-state index in [1.54, 1.807) is 0 Å². The van der Waals surface area contributed by atoms with Crippen LogP contribution in [0, 0.1) is 18.6 Å². The number of nitrogens with zero attached hydrogens (tertiary/aromatic N) is 2. The Morgan fingerprint density at radius 3 is 2.32 bits per heavy atom. The maximum absolute atomic E-state index is 13.7. The minimum Gasteiger partial charge on any atom is -0.316 e. The van der Waals surface area contributed by atoms with E-state index in [2.05, 4.69) is 9.97 Å². The number of halogens is 5. The fourth-order valence-corrected chi connectivity index (χ4v) is 2.66. The van der Waals surface area contributed by atoms with Gasteiger partial charge in [0.1, 0.15) is 24.0 Å². The van der Waals surface area contributed by atoms with E-state index < -0.39 is 35.9 Å². The van der Waals surface area contributed by atoms with Gasteiger partial charge in [0.2, 0.25) is 0 Å². The van der Waals surface area contributed by atoms with Crippen molar-refractivity contribution in [2.24, 2.45) is 0 Å². The van der Waals surface area contributed by atoms with E-state index in [1.807, 2.05) is 13.8 Å². The molecule has 0 amide bonds. The summed E-state index contributed by atoms with van der Waals surface area (Å²) in [5.74, 6) is -1.87. The maximum atomic E-state index is 13.7. The summed E-state index contributed by atoms with van der Waals surface area (Å²) in [4.78, 5) is 18.4. The topological polar surface area (TPSA) is 49.0 Å². The molecule has 1 aromatic heterocycles. The normalized spacial score (nSPS) is 11.1. The maximum Gasteiger partial charge on any atom is 0.406 e. The number of nitrogens with one attached hydrogen (secondary N) is 1. The van der Waals surface area contributed by atoms with E-state index in [1.165, 1.54) is 19.1 Å². The monoisotopic (exact) mass is 399 g/mol. The molecule has 2 aromatic carbocycles. The molecule has 0 unspecified atom stereocenters. The first-order valence-electron chi connectivity index (χ1n) is 8.43. The number of rotatable bonds is 3. The molecule has 0 saturated carbocycles. The molecule has 0 aliphatic carbocycles. The summed E-state index contributed by atoms with van der Waals surface area (Å²) in [6.07, 6.45) is -4.68. The van der Waals surface area contributed by atoms with Crippen LogP contribution in [0.2, 0.25) is 0 Å². The average molecular weight is 399 g/mol. The summed E-state index contributed by atoms with van der Waals surface area (Å²) in [6.45, 7) is 3.99. The highest BCUT2D eigenvalue weighted by atomic mass is 19.4. The third-order valence-corrected chi connectivity index (χ3v) is 3.60. The number of anilines is 2. The van der Waals surface area contributed by atoms with Crippen molar-refractivity contribution in [1.82, 2.24) is 9.97 Å². The van der Waals surface area contributed by atoms with E-state index in [0.717, 1.165) is 24.3 Å². The van der Waals surface area contributed by atoms with Crippen LogP contribution in [0.15, 0.2) is 41.2 Å². The van der Waals surface area contributed by atoms with Gasteiger partial charge in [-0.2, -0.15) is 18.2 Å². The van der Waals surface area contributed by atoms with Crippen molar-refractivity contribution in [2.45, 2.75) is 26.9 Å². The first kappa shape index (κ1) is 21.3. The standard InChI is InChI=1S/C17H12F5N3O.C2H6/c1-9-4-11(19)6-12(5-9)25(8-17(20,21)22)15-13-7-10(18)2-3-14(13)23-16(26)24-15;1-2/h2-7H,8H2,1H3,(H,23,24,26);1-2H3. The lowest BCUT2D eigenvalue weighted by atomic mass is 10.1. The second kappa shape index (κ2) is 8.37. The smallest absolute Gasteiger partial charge is 0.316 e. The predicted octanol–water partition coefficient (Wildman–Crippen LogP) is 5.24. The largest absolute Gasteiger partial charge is 0.406 e. The number of H-pyrrole nitrogens is 1. The first-order valence-corrected chi connectivity index (χ1v) is 8.43. The number of hydrogen-bond donors (Lipinski definition) is 1. The van der Waals surface area contributed by atoms with Gasteiger partial charge >= 0.3 is 11.9 Å². The number of hydrogen-bond acceptors (Lipinski definition) is 3. The van der Waals surface area contributed by atoms with Gasteiger partial charge < -0.3 is 9.88 Å². The molecule has 28 heavy (non-hydrogen) atoms. The summed E-state index contributed by atoms with van der Waals surface area (Å²) >= 11 is 0. The minimum absolute atomic E-state index is 0.0317. The Hall–Kier alpha value is -2.97. The Bertz CT molecular complexity index is 1010. The van der Waals surface area contributed by atoms with E-state index >= 15 is 0 Å². The highest BCUT2D eigenvalue weighted by Crippen LogP contribution is 2.33. The Kier molecular flexibility index (Phi) is 6.37. The number of benzene rings is 2. The molecule has 0 saturated heterocycles. The quantitative estimate of drug-likeness (QED) is 0.613. The van der Waals surface area contributed by atoms with Crippen LogP contribution < -0.4 is 10.6 Å². The lowest BCUT2D eigenvalue weighted by Gasteiger charge is -2.26. The van der Waals surface area contributed by atoms with Crippen molar-refractivity contribution in [3.63, 3.8) is 0 Å². The third-order valence-electron chi connectivity index (χ3n) is 3.60. The molecular formula is C19H18F5N3O. The average Bonchev–Trinajstić information content (AvgIpc) is 2.59. The first-order chi connectivity index (χ1) is 13.1. The van der Waals surface area contributed by atoms with Gasteiger partial charge in [-0.15, -0.1) is 0 Å². The van der Waals surface area contributed by atoms with E-state index in [-0.39, 0.29) is 16.6 Å². The van der Waals surface area contributed by atoms with E-state index in [0.29, 0.717) is 10.5 Å². The van der Waals surface area contributed by atoms with E-state index in [4.69, 9.17) is 0 Å². The van der Waals surface area contributed by atoms with E-state index in [9.17, 15) is 26.7 Å². The molecule has 3 aromatic rings. The van der Waals surface area contributed by atoms with Gasteiger partial charge in [-0.05, 0) is 48.9 Å². The van der Waals surface area contributed by atoms with Crippen molar-refractivity contribution >= 4 is 22.4 Å². The minimum atomic E-state index is -4.68. The van der Waals surface area contributed by atoms with Crippen LogP contribution in [0.5, 0.6) is 0 Å². The molecule has 0 bridgehead atoms. The van der Waals surface area contributed by atoms with Crippen LogP contribution in [0.3, 0.4) is 0 Å². The molecule has 0 aliphatic rings. The highest BCUT2D eigenvalue weighted by molar-refractivity contribution is 5.91. The van der Waals surface area contributed by atoms with Gasteiger partial charge in [-0.1, -0.05) is 13.8 Å². The third kappa shape index (κ3) is 5.05. The number of aromatic nitrogens is 2. The molecule has 1 N–H and O–H groups in total. The molecule has 0 fully saturated rings. The Morgan fingerprint density at radius 2 is 1.71 bits per heavy atom. The Morgan fingerprint density at radius 1 is 1.04 bits per heavy atom. The summed E-state index contributed by atoms with van der Waals surface area (Å²) in [7, 11) is 0. The van der Waals surface area contributed by atoms with Gasteiger partial charge in [-0.3, -0.25) is 0 Å². The number of alkyl halides is 3. The molecule has 0 radical (unpaired) electrons. The van der Waals surface area contributed by atoms with Crippen molar-refractivity contribution in [2.75, 3.05) is 11.4 Å². The zero-order valence-corrected chi connectivity index (χ0v) is 15.4. The Labute approximate surface area is 157 Å². The van der Waals surface area contributed by atoms with Crippen LogP contribution in [0.25, 0.3) is 10.9 Å². The van der Waals surface area contributed by atoms with Gasteiger partial charge in [0, 0.05) is 11.1 Å². The van der Waals surface area contributed by atoms with Crippen LogP contribution in [-0.4, -0.2) is 22.7 Å². The van der Waals surface area contributed by atoms with Crippen LogP contribution in [0.4, 0.5) is 33.5 Å². The summed E-state index contributed by atoms with van der Waals surface area (Å²) in [6, 6.07) is 6.61. The Balaban J connectivity index is 0.00000136. The second-order valence-corrected chi connectivity index (χ2v) is 5.74. The lowest BCUT2D eigenvalue weighted by Crippen LogP contribution is -2.32. The molecular weight excluding hydrogens is 381 g/mol. The fraction of sp³-hybridized carbons (Fsp3) is 0.263. The van der Waals surface area contributed by atoms with Crippen molar-refractivity contribution in [1.29, 1.82) is 0 Å². The molecule has 4 nitrogen and oxygen atoms in total. The summed E-state index contributed by atoms with van der Waals surface area (Å²) < 4.78 is 66.8. The predicted molar refractivity (Wildman–Crippen MR) is 97.9 cm³/mol. The number of aromatic amines is 1. The van der Waals surface area contributed by atoms with Gasteiger partial charge in [0.15, 0.2) is 0 Å². The van der Waals surface area contributed by atoms with Crippen LogP contribution in [0.1, 0.15) is 19.4 Å². The molecule has 0 spiro atoms. The summed E-state index contributed by atoms with van der Waals surface area (Å²) in [5.41, 5.74) is -0.558. The lowest BCUT2D eigenvalue weighted by molar-refractivity contribution is -0.118. The molecule has 1 heterocycles. The van der Waals surface area contributed by atoms with Gasteiger partial charge in [0.25, 0.3) is 0 Å². The van der Waals surface area contributed by atoms with Crippen molar-refractivity contribution < 1.29 is 22.0 Å². The molecule has 0 atom stereocenters. The SMILES string of the molecule is CC.Cc1cc(F)cc(N(CC(F)(F)F)c2nc(=O)[nH]c3ccc(F)cc23)c1. The zero-order chi connectivity index (χ0) is 21.1. The second-order valence-electron chi connectivity index (χ2n) is 5.74. The molecule has 3 rings (SSSR count). The number of fused-ring (bicyclic) bond motifs is 1. The van der Waals surface area contributed by atoms with Gasteiger partial charge in [0.05, 0.1) is 5.52 Å². The highest BCUT2D eigenvalue weighted by Gasteiger charge is 2.33. The number of aryl methyl sites for hydroxylation is 1. The van der Waals surface area contributed by atoms with Crippen LogP contribution in [-0.2, 0) is 0 Å². The summed E-state index contributed by atoms with van der Waals surface area (Å²) in [5, 5.41) is -0.0317.